The SMILES string of the molecule is C[C@@H]1CN(c2ccc(-c3cc(CN4CCN(CCNC(=O)CCCCc5cccc6c5C(=O)N(C5CCC(=O)NC5=O)C6=O)CC4)ccc3F)cc2NC(=O)c2c[nH]c(=O)cc2C(F)(F)F)C[C@H](C)N1C. The van der Waals surface area contributed by atoms with Crippen molar-refractivity contribution < 1.29 is 46.3 Å². The van der Waals surface area contributed by atoms with E-state index in [4.69, 9.17) is 0 Å². The molecule has 6 amide bonds. The Balaban J connectivity index is 0.828. The molecule has 8 rings (SSSR count). The summed E-state index contributed by atoms with van der Waals surface area (Å²) in [5, 5.41) is 7.85. The standard InChI is InChI=1S/C51H57F4N9O7/c1-30-27-63(28-31(2)60(30)3)41-14-12-34(24-40(41)58-47(68)37-26-57-45(67)25-38(37)51(53,54)55)36-23-32(11-13-39(36)52)29-62-21-19-61(20-22-62)18-17-56-43(65)10-5-4-7-33-8-6-9-35-46(33)50(71)64(49(35)70)42-15-16-44(66)59-48(42)69/h6,8-9,11-14,23-26,30-31,42H,4-5,7,10,15-22,27-29H2,1-3H3,(H,56,65)(H,57,67)(H,58,68)(H,59,66,69)/t30-,31+,42?. The number of nitrogens with zero attached hydrogens (tertiary/aromatic N) is 5. The number of benzene rings is 3. The number of H-pyrrole nitrogens is 1. The van der Waals surface area contributed by atoms with Crippen LogP contribution < -0.4 is 26.4 Å². The first-order chi connectivity index (χ1) is 33.9. The normalized spacial score (nSPS) is 20.3. The van der Waals surface area contributed by atoms with Crippen molar-refractivity contribution in [2.45, 2.75) is 83.2 Å². The van der Waals surface area contributed by atoms with E-state index in [1.54, 1.807) is 48.5 Å². The number of piperazine rings is 2. The predicted molar refractivity (Wildman–Crippen MR) is 256 cm³/mol. The van der Waals surface area contributed by atoms with E-state index in [0.29, 0.717) is 74.9 Å². The number of hydrogen-bond donors (Lipinski definition) is 4. The van der Waals surface area contributed by atoms with E-state index in [-0.39, 0.29) is 59.6 Å². The van der Waals surface area contributed by atoms with E-state index in [2.05, 4.69) is 49.5 Å². The van der Waals surface area contributed by atoms with Crippen molar-refractivity contribution in [3.05, 3.63) is 116 Å². The molecule has 71 heavy (non-hydrogen) atoms. The molecule has 4 N–H and O–H groups in total. The molecule has 1 unspecified atom stereocenters. The number of carbonyl (C=O) groups is 6. The molecule has 1 aromatic heterocycles. The summed E-state index contributed by atoms with van der Waals surface area (Å²) < 4.78 is 57.7. The second kappa shape index (κ2) is 21.3. The highest BCUT2D eigenvalue weighted by Crippen LogP contribution is 2.37. The largest absolute Gasteiger partial charge is 0.417 e. The lowest BCUT2D eigenvalue weighted by molar-refractivity contribution is -0.138. The number of fused-ring (bicyclic) bond motifs is 1. The maximum Gasteiger partial charge on any atom is 0.417 e. The number of piperidine rings is 1. The topological polar surface area (TPSA) is 188 Å². The molecule has 16 nitrogen and oxygen atoms in total. The highest BCUT2D eigenvalue weighted by Gasteiger charge is 2.45. The van der Waals surface area contributed by atoms with Gasteiger partial charge in [0, 0.05) is 102 Å². The molecule has 20 heteroatoms. The lowest BCUT2D eigenvalue weighted by Crippen LogP contribution is -2.55. The number of aryl methyl sites for hydroxylation is 1. The molecule has 376 valence electrons. The van der Waals surface area contributed by atoms with Crippen LogP contribution in [0.4, 0.5) is 28.9 Å². The number of aromatic nitrogens is 1. The summed E-state index contributed by atoms with van der Waals surface area (Å²) in [6.07, 6.45) is -2.21. The molecule has 3 saturated heterocycles. The molecule has 4 aliphatic rings. The van der Waals surface area contributed by atoms with Gasteiger partial charge in [-0.25, -0.2) is 4.39 Å². The van der Waals surface area contributed by atoms with Gasteiger partial charge in [-0.3, -0.25) is 58.5 Å². The quantitative estimate of drug-likeness (QED) is 0.0712. The van der Waals surface area contributed by atoms with Crippen LogP contribution in [0, 0.1) is 5.82 Å². The first kappa shape index (κ1) is 50.6. The van der Waals surface area contributed by atoms with Crippen LogP contribution in [0.2, 0.25) is 0 Å². The predicted octanol–water partition coefficient (Wildman–Crippen LogP) is 5.03. The minimum Gasteiger partial charge on any atom is -0.367 e. The van der Waals surface area contributed by atoms with Crippen LogP contribution >= 0.6 is 0 Å². The van der Waals surface area contributed by atoms with Gasteiger partial charge in [0.25, 0.3) is 17.7 Å². The second-order valence-corrected chi connectivity index (χ2v) is 18.9. The van der Waals surface area contributed by atoms with Gasteiger partial charge in [-0.1, -0.05) is 24.3 Å². The molecule has 0 bridgehead atoms. The van der Waals surface area contributed by atoms with Crippen molar-refractivity contribution in [3.63, 3.8) is 0 Å². The number of pyridine rings is 1. The van der Waals surface area contributed by atoms with Gasteiger partial charge in [-0.05, 0) is 93.6 Å². The van der Waals surface area contributed by atoms with E-state index < -0.39 is 64.3 Å². The molecule has 5 heterocycles. The highest BCUT2D eigenvalue weighted by atomic mass is 19.4. The Morgan fingerprint density at radius 3 is 2.30 bits per heavy atom. The zero-order valence-electron chi connectivity index (χ0n) is 39.8. The number of imide groups is 2. The van der Waals surface area contributed by atoms with E-state index >= 15 is 4.39 Å². The number of aromatic amines is 1. The first-order valence-electron chi connectivity index (χ1n) is 23.9. The molecule has 3 atom stereocenters. The average molecular weight is 984 g/mol. The maximum atomic E-state index is 15.7. The van der Waals surface area contributed by atoms with Crippen molar-refractivity contribution in [3.8, 4) is 11.1 Å². The molecule has 0 saturated carbocycles. The van der Waals surface area contributed by atoms with Crippen LogP contribution in [0.25, 0.3) is 11.1 Å². The number of amides is 6. The minimum atomic E-state index is -4.97. The summed E-state index contributed by atoms with van der Waals surface area (Å²) in [5.74, 6) is -3.90. The Hall–Kier alpha value is -6.77. The monoisotopic (exact) mass is 983 g/mol. The number of nitrogens with one attached hydrogen (secondary N) is 4. The Bertz CT molecular complexity index is 2780. The Morgan fingerprint density at radius 1 is 0.845 bits per heavy atom. The Morgan fingerprint density at radius 2 is 1.58 bits per heavy atom. The zero-order chi connectivity index (χ0) is 50.7. The van der Waals surface area contributed by atoms with E-state index in [1.807, 2.05) is 11.9 Å². The number of hydrogen-bond acceptors (Lipinski definition) is 11. The van der Waals surface area contributed by atoms with Crippen molar-refractivity contribution in [2.75, 3.05) is 69.6 Å². The second-order valence-electron chi connectivity index (χ2n) is 18.9. The lowest BCUT2D eigenvalue weighted by atomic mass is 9.98. The third-order valence-electron chi connectivity index (χ3n) is 14.0. The Labute approximate surface area is 407 Å². The zero-order valence-corrected chi connectivity index (χ0v) is 39.8. The van der Waals surface area contributed by atoms with Gasteiger partial charge >= 0.3 is 6.18 Å². The summed E-state index contributed by atoms with van der Waals surface area (Å²) in [6.45, 7) is 9.80. The van der Waals surface area contributed by atoms with Gasteiger partial charge in [0.1, 0.15) is 11.9 Å². The number of likely N-dealkylation sites (N-methyl/N-ethyl adjacent to an activating group) is 1. The fraction of sp³-hybridized carbons (Fsp3) is 0.431. The number of anilines is 2. The Kier molecular flexibility index (Phi) is 15.2. The fourth-order valence-corrected chi connectivity index (χ4v) is 9.92. The minimum absolute atomic E-state index is 0.0382. The van der Waals surface area contributed by atoms with Crippen molar-refractivity contribution in [1.29, 1.82) is 0 Å². The van der Waals surface area contributed by atoms with E-state index in [9.17, 15) is 46.7 Å². The fourth-order valence-electron chi connectivity index (χ4n) is 9.92. The molecule has 4 aliphatic heterocycles. The van der Waals surface area contributed by atoms with E-state index in [1.165, 1.54) is 6.07 Å². The average Bonchev–Trinajstić information content (AvgIpc) is 3.58. The summed E-state index contributed by atoms with van der Waals surface area (Å²) in [7, 11) is 2.01. The number of alkyl halides is 3. The van der Waals surface area contributed by atoms with Gasteiger partial charge in [0.05, 0.1) is 33.6 Å². The molecule has 3 aromatic carbocycles. The lowest BCUT2D eigenvalue weighted by Gasteiger charge is -2.44. The van der Waals surface area contributed by atoms with Gasteiger partial charge in [0.15, 0.2) is 0 Å². The summed E-state index contributed by atoms with van der Waals surface area (Å²) in [4.78, 5) is 101. The molecule has 3 fully saturated rings. The first-order valence-corrected chi connectivity index (χ1v) is 23.9. The van der Waals surface area contributed by atoms with Crippen molar-refractivity contribution in [1.82, 2.24) is 35.2 Å². The molecular weight excluding hydrogens is 927 g/mol. The van der Waals surface area contributed by atoms with Crippen LogP contribution in [0.15, 0.2) is 71.7 Å². The number of unbranched alkanes of at least 4 members (excludes halogenated alkanes) is 1. The third kappa shape index (κ3) is 11.4. The van der Waals surface area contributed by atoms with Crippen LogP contribution in [-0.4, -0.2) is 138 Å². The van der Waals surface area contributed by atoms with Crippen LogP contribution in [-0.2, 0) is 33.5 Å². The van der Waals surface area contributed by atoms with Crippen molar-refractivity contribution in [2.24, 2.45) is 0 Å². The van der Waals surface area contributed by atoms with Gasteiger partial charge < -0.3 is 20.5 Å². The molecule has 0 radical (unpaired) electrons. The van der Waals surface area contributed by atoms with Crippen molar-refractivity contribution >= 4 is 46.8 Å². The highest BCUT2D eigenvalue weighted by molar-refractivity contribution is 6.24. The number of rotatable bonds is 15. The molecular formula is C51H57F4N9O7. The van der Waals surface area contributed by atoms with Crippen LogP contribution in [0.5, 0.6) is 0 Å². The summed E-state index contributed by atoms with van der Waals surface area (Å²) in [6, 6.07) is 14.5. The maximum absolute atomic E-state index is 15.7. The summed E-state index contributed by atoms with van der Waals surface area (Å²) >= 11 is 0. The van der Waals surface area contributed by atoms with Gasteiger partial charge in [0.2, 0.25) is 23.3 Å². The summed E-state index contributed by atoms with van der Waals surface area (Å²) in [5.41, 5.74) is 0.303. The molecule has 4 aromatic rings. The van der Waals surface area contributed by atoms with E-state index in [0.717, 1.165) is 42.8 Å². The molecule has 0 spiro atoms. The number of carbonyl (C=O) groups excluding carboxylic acids is 6. The number of halogens is 4. The molecule has 0 aliphatic carbocycles. The van der Waals surface area contributed by atoms with Gasteiger partial charge in [-0.2, -0.15) is 13.2 Å². The van der Waals surface area contributed by atoms with Gasteiger partial charge in [-0.15, -0.1) is 0 Å². The smallest absolute Gasteiger partial charge is 0.367 e. The van der Waals surface area contributed by atoms with Crippen LogP contribution in [0.3, 0.4) is 0 Å². The van der Waals surface area contributed by atoms with Crippen LogP contribution in [0.1, 0.15) is 93.7 Å². The third-order valence-corrected chi connectivity index (χ3v) is 14.0.